The molecule has 0 aliphatic rings. The highest BCUT2D eigenvalue weighted by Crippen LogP contribution is 2.25. The molecule has 0 saturated heterocycles. The number of nitro groups is 1. The summed E-state index contributed by atoms with van der Waals surface area (Å²) in [6.07, 6.45) is 0. The van der Waals surface area contributed by atoms with Crippen molar-refractivity contribution in [1.29, 1.82) is 0 Å². The maximum atomic E-state index is 11.3. The van der Waals surface area contributed by atoms with E-state index < -0.39 is 4.92 Å². The Balaban J connectivity index is 2.78. The minimum atomic E-state index is -0.514. The smallest absolute Gasteiger partial charge is 0.275 e. The number of carbonyl (C=O) groups is 1. The summed E-state index contributed by atoms with van der Waals surface area (Å²) in [5.41, 5.74) is 0.375. The van der Waals surface area contributed by atoms with Gasteiger partial charge in [0.15, 0.2) is 0 Å². The highest BCUT2D eigenvalue weighted by atomic mass is 16.6. The molecule has 1 amide bonds. The second-order valence-electron chi connectivity index (χ2n) is 3.48. The molecule has 0 spiro atoms. The van der Waals surface area contributed by atoms with Crippen molar-refractivity contribution in [2.45, 2.75) is 6.92 Å². The van der Waals surface area contributed by atoms with E-state index in [9.17, 15) is 14.9 Å². The first kappa shape index (κ1) is 13.8. The van der Waals surface area contributed by atoms with E-state index in [1.807, 2.05) is 6.92 Å². The van der Waals surface area contributed by atoms with Crippen LogP contribution >= 0.6 is 0 Å². The van der Waals surface area contributed by atoms with Gasteiger partial charge < -0.3 is 15.4 Å². The van der Waals surface area contributed by atoms with Crippen molar-refractivity contribution >= 4 is 17.3 Å². The molecule has 0 aliphatic carbocycles. The first-order valence-corrected chi connectivity index (χ1v) is 5.41. The Morgan fingerprint density at radius 2 is 2.17 bits per heavy atom. The molecule has 1 aromatic rings. The second-order valence-corrected chi connectivity index (χ2v) is 3.48. The Hall–Kier alpha value is -2.31. The predicted molar refractivity (Wildman–Crippen MR) is 66.8 cm³/mol. The third-order valence-corrected chi connectivity index (χ3v) is 2.16. The van der Waals surface area contributed by atoms with E-state index in [1.165, 1.54) is 19.2 Å². The summed E-state index contributed by atoms with van der Waals surface area (Å²) in [7, 11) is 1.42. The van der Waals surface area contributed by atoms with Gasteiger partial charge in [0.05, 0.1) is 24.6 Å². The van der Waals surface area contributed by atoms with Gasteiger partial charge in [0.1, 0.15) is 5.75 Å². The summed E-state index contributed by atoms with van der Waals surface area (Å²) in [4.78, 5) is 21.4. The molecule has 0 aliphatic heterocycles. The molecule has 0 fully saturated rings. The van der Waals surface area contributed by atoms with Crippen LogP contribution in [0.2, 0.25) is 0 Å². The topological polar surface area (TPSA) is 93.5 Å². The number of ether oxygens (including phenoxy) is 1. The van der Waals surface area contributed by atoms with Crippen LogP contribution < -0.4 is 15.4 Å². The fraction of sp³-hybridized carbons (Fsp3) is 0.364. The lowest BCUT2D eigenvalue weighted by Crippen LogP contribution is -2.29. The SMILES string of the molecule is CCNC(=O)CNc1cc(OC)cc([N+](=O)[O-])c1. The molecular formula is C11H15N3O4. The third kappa shape index (κ3) is 3.93. The van der Waals surface area contributed by atoms with Gasteiger partial charge >= 0.3 is 0 Å². The monoisotopic (exact) mass is 253 g/mol. The van der Waals surface area contributed by atoms with Crippen molar-refractivity contribution < 1.29 is 14.5 Å². The van der Waals surface area contributed by atoms with Crippen molar-refractivity contribution in [2.75, 3.05) is 25.5 Å². The van der Waals surface area contributed by atoms with Gasteiger partial charge in [-0.1, -0.05) is 0 Å². The van der Waals surface area contributed by atoms with Crippen LogP contribution in [0.3, 0.4) is 0 Å². The number of nitrogens with one attached hydrogen (secondary N) is 2. The van der Waals surface area contributed by atoms with E-state index >= 15 is 0 Å². The number of nitro benzene ring substituents is 1. The molecule has 0 aromatic heterocycles. The highest BCUT2D eigenvalue weighted by Gasteiger charge is 2.10. The number of amides is 1. The van der Waals surface area contributed by atoms with E-state index in [1.54, 1.807) is 6.07 Å². The molecule has 0 bridgehead atoms. The molecule has 0 saturated carbocycles. The van der Waals surface area contributed by atoms with Crippen LogP contribution in [0.15, 0.2) is 18.2 Å². The van der Waals surface area contributed by atoms with Crippen LogP contribution in [-0.2, 0) is 4.79 Å². The van der Waals surface area contributed by atoms with Crippen LogP contribution in [0.4, 0.5) is 11.4 Å². The number of benzene rings is 1. The van der Waals surface area contributed by atoms with Crippen molar-refractivity contribution in [3.63, 3.8) is 0 Å². The molecule has 0 unspecified atom stereocenters. The molecule has 2 N–H and O–H groups in total. The van der Waals surface area contributed by atoms with Gasteiger partial charge in [0.25, 0.3) is 5.69 Å². The van der Waals surface area contributed by atoms with E-state index in [0.29, 0.717) is 18.0 Å². The Morgan fingerprint density at radius 3 is 2.72 bits per heavy atom. The van der Waals surface area contributed by atoms with Gasteiger partial charge in [-0.15, -0.1) is 0 Å². The Bertz CT molecular complexity index is 448. The van der Waals surface area contributed by atoms with E-state index in [4.69, 9.17) is 4.74 Å². The van der Waals surface area contributed by atoms with Gasteiger partial charge in [0, 0.05) is 24.4 Å². The highest BCUT2D eigenvalue weighted by molar-refractivity contribution is 5.80. The summed E-state index contributed by atoms with van der Waals surface area (Å²) >= 11 is 0. The summed E-state index contributed by atoms with van der Waals surface area (Å²) in [5.74, 6) is 0.186. The third-order valence-electron chi connectivity index (χ3n) is 2.16. The fourth-order valence-corrected chi connectivity index (χ4v) is 1.35. The largest absolute Gasteiger partial charge is 0.496 e. The van der Waals surface area contributed by atoms with E-state index in [0.717, 1.165) is 0 Å². The molecule has 0 heterocycles. The Kier molecular flexibility index (Phi) is 4.91. The number of methoxy groups -OCH3 is 1. The summed E-state index contributed by atoms with van der Waals surface area (Å²) in [5, 5.41) is 16.1. The molecule has 7 heteroatoms. The maximum absolute atomic E-state index is 11.3. The van der Waals surface area contributed by atoms with Gasteiger partial charge in [-0.25, -0.2) is 0 Å². The van der Waals surface area contributed by atoms with Crippen LogP contribution in [0, 0.1) is 10.1 Å². The summed E-state index contributed by atoms with van der Waals surface area (Å²) in [6.45, 7) is 2.41. The van der Waals surface area contributed by atoms with Crippen molar-refractivity contribution in [1.82, 2.24) is 5.32 Å². The Labute approximate surface area is 104 Å². The zero-order valence-corrected chi connectivity index (χ0v) is 10.2. The predicted octanol–water partition coefficient (Wildman–Crippen LogP) is 1.15. The second kappa shape index (κ2) is 6.43. The van der Waals surface area contributed by atoms with Gasteiger partial charge in [0.2, 0.25) is 5.91 Å². The Morgan fingerprint density at radius 1 is 1.44 bits per heavy atom. The zero-order chi connectivity index (χ0) is 13.5. The van der Waals surface area contributed by atoms with Gasteiger partial charge in [-0.05, 0) is 6.92 Å². The first-order valence-electron chi connectivity index (χ1n) is 5.41. The average molecular weight is 253 g/mol. The maximum Gasteiger partial charge on any atom is 0.275 e. The van der Waals surface area contributed by atoms with Crippen LogP contribution in [0.5, 0.6) is 5.75 Å². The van der Waals surface area contributed by atoms with Gasteiger partial charge in [-0.2, -0.15) is 0 Å². The quantitative estimate of drug-likeness (QED) is 0.586. The zero-order valence-electron chi connectivity index (χ0n) is 10.2. The molecular weight excluding hydrogens is 238 g/mol. The molecule has 98 valence electrons. The molecule has 0 radical (unpaired) electrons. The summed E-state index contributed by atoms with van der Waals surface area (Å²) in [6, 6.07) is 4.26. The molecule has 18 heavy (non-hydrogen) atoms. The van der Waals surface area contributed by atoms with Crippen molar-refractivity contribution in [3.8, 4) is 5.75 Å². The van der Waals surface area contributed by atoms with Crippen LogP contribution in [0.25, 0.3) is 0 Å². The van der Waals surface area contributed by atoms with Gasteiger partial charge in [-0.3, -0.25) is 14.9 Å². The van der Waals surface area contributed by atoms with E-state index in [-0.39, 0.29) is 18.1 Å². The number of rotatable bonds is 6. The lowest BCUT2D eigenvalue weighted by atomic mass is 10.2. The van der Waals surface area contributed by atoms with E-state index in [2.05, 4.69) is 10.6 Å². The number of anilines is 1. The normalized spacial score (nSPS) is 9.67. The molecule has 7 nitrogen and oxygen atoms in total. The standard InChI is InChI=1S/C11H15N3O4/c1-3-12-11(15)7-13-8-4-9(14(16)17)6-10(5-8)18-2/h4-6,13H,3,7H2,1-2H3,(H,12,15). The molecule has 1 rings (SSSR count). The number of hydrogen-bond donors (Lipinski definition) is 2. The molecule has 0 atom stereocenters. The lowest BCUT2D eigenvalue weighted by Gasteiger charge is -2.08. The number of non-ortho nitro benzene ring substituents is 1. The first-order chi connectivity index (χ1) is 8.56. The van der Waals surface area contributed by atoms with Crippen LogP contribution in [-0.4, -0.2) is 31.0 Å². The van der Waals surface area contributed by atoms with Crippen LogP contribution in [0.1, 0.15) is 6.92 Å². The number of nitrogens with zero attached hydrogens (tertiary/aromatic N) is 1. The summed E-state index contributed by atoms with van der Waals surface area (Å²) < 4.78 is 4.95. The van der Waals surface area contributed by atoms with Crippen molar-refractivity contribution in [2.24, 2.45) is 0 Å². The average Bonchev–Trinajstić information content (AvgIpc) is 2.36. The fourth-order valence-electron chi connectivity index (χ4n) is 1.35. The number of carbonyl (C=O) groups excluding carboxylic acids is 1. The minimum absolute atomic E-state index is 0.0537. The minimum Gasteiger partial charge on any atom is -0.496 e. The lowest BCUT2D eigenvalue weighted by molar-refractivity contribution is -0.384. The molecule has 1 aromatic carbocycles. The number of hydrogen-bond acceptors (Lipinski definition) is 5. The number of likely N-dealkylation sites (N-methyl/N-ethyl adjacent to an activating group) is 1. The van der Waals surface area contributed by atoms with Crippen molar-refractivity contribution in [3.05, 3.63) is 28.3 Å².